The van der Waals surface area contributed by atoms with Crippen molar-refractivity contribution in [2.75, 3.05) is 13.1 Å². The van der Waals surface area contributed by atoms with Gasteiger partial charge in [0.2, 0.25) is 17.8 Å². The molecule has 0 rings (SSSR count). The first kappa shape index (κ1) is 44.4. The van der Waals surface area contributed by atoms with Crippen molar-refractivity contribution < 1.29 is 57.6 Å². The van der Waals surface area contributed by atoms with Gasteiger partial charge in [-0.25, -0.2) is 19.2 Å². The summed E-state index contributed by atoms with van der Waals surface area (Å²) < 4.78 is 20.7. The van der Waals surface area contributed by atoms with Gasteiger partial charge in [0.1, 0.15) is 34.5 Å². The zero-order valence-electron chi connectivity index (χ0n) is 30.6. The Morgan fingerprint density at radius 3 is 1.51 bits per heavy atom. The lowest BCUT2D eigenvalue weighted by Crippen LogP contribution is -2.51. The highest BCUT2D eigenvalue weighted by atomic mass is 16.6. The van der Waals surface area contributed by atoms with Crippen LogP contribution in [0.25, 0.3) is 0 Å². The van der Waals surface area contributed by atoms with Gasteiger partial charge in [0.15, 0.2) is 0 Å². The van der Waals surface area contributed by atoms with Crippen molar-refractivity contribution in [1.82, 2.24) is 26.6 Å². The SMILES string of the molecule is CC(C)(C)OC(=O)CC(NC(=O)CNC(=O)[C@H](CCCN=C(NC(=O)OC(C)(C)C)NC(=O)OC(C)(C)C)NC(=O)OC(C)(C)C)C(=O)O. The number of aliphatic imine (C=N–C) groups is 1. The number of nitrogens with one attached hydrogen (secondary N) is 5. The number of guanidine groups is 1. The zero-order valence-corrected chi connectivity index (χ0v) is 30.6. The quantitative estimate of drug-likeness (QED) is 0.0564. The lowest BCUT2D eigenvalue weighted by atomic mass is 10.1. The standard InChI is InChI=1S/C31H54N6O12/c1-28(2,3)46-21(39)16-19(23(41)42)34-20(38)17-33-22(40)18(35-25(43)47-29(4,5)6)14-13-15-32-24(36-26(44)48-30(7,8)9)37-27(45)49-31(10,11)12/h18-19H,13-17H2,1-12H3,(H,33,40)(H,34,38)(H,35,43)(H,41,42)(H2,32,36,37,44,45)/t18-,19?/m0/s1. The molecule has 0 bridgehead atoms. The topological polar surface area (TPSA) is 249 Å². The molecule has 0 radical (unpaired) electrons. The van der Waals surface area contributed by atoms with Gasteiger partial charge in [-0.05, 0) is 95.9 Å². The predicted octanol–water partition coefficient (Wildman–Crippen LogP) is 2.48. The van der Waals surface area contributed by atoms with Crippen molar-refractivity contribution in [2.24, 2.45) is 4.99 Å². The van der Waals surface area contributed by atoms with Crippen LogP contribution in [-0.2, 0) is 38.1 Å². The maximum Gasteiger partial charge on any atom is 0.414 e. The minimum Gasteiger partial charge on any atom is -0.480 e. The Bertz CT molecular complexity index is 1190. The van der Waals surface area contributed by atoms with Gasteiger partial charge in [0.05, 0.1) is 13.0 Å². The maximum absolute atomic E-state index is 13.1. The third-order valence-corrected chi connectivity index (χ3v) is 5.01. The van der Waals surface area contributed by atoms with Crippen LogP contribution < -0.4 is 26.6 Å². The van der Waals surface area contributed by atoms with Crippen LogP contribution in [0.3, 0.4) is 0 Å². The van der Waals surface area contributed by atoms with Crippen LogP contribution in [0.5, 0.6) is 0 Å². The number of esters is 1. The first-order valence-electron chi connectivity index (χ1n) is 15.6. The van der Waals surface area contributed by atoms with Crippen LogP contribution in [0, 0.1) is 0 Å². The lowest BCUT2D eigenvalue weighted by molar-refractivity contribution is -0.158. The summed E-state index contributed by atoms with van der Waals surface area (Å²) in [5.41, 5.74) is -3.47. The van der Waals surface area contributed by atoms with Crippen LogP contribution in [0.4, 0.5) is 14.4 Å². The van der Waals surface area contributed by atoms with Crippen molar-refractivity contribution in [3.05, 3.63) is 0 Å². The van der Waals surface area contributed by atoms with Gasteiger partial charge >= 0.3 is 30.2 Å². The third kappa shape index (κ3) is 24.2. The summed E-state index contributed by atoms with van der Waals surface area (Å²) in [5.74, 6) is -4.36. The number of carbonyl (C=O) groups is 7. The average Bonchev–Trinajstić information content (AvgIpc) is 2.83. The molecular weight excluding hydrogens is 648 g/mol. The van der Waals surface area contributed by atoms with E-state index in [0.29, 0.717) is 0 Å². The molecule has 18 nitrogen and oxygen atoms in total. The van der Waals surface area contributed by atoms with Gasteiger partial charge in [-0.1, -0.05) is 0 Å². The van der Waals surface area contributed by atoms with E-state index >= 15 is 0 Å². The molecule has 49 heavy (non-hydrogen) atoms. The molecule has 0 aromatic carbocycles. The van der Waals surface area contributed by atoms with Crippen LogP contribution in [0.15, 0.2) is 4.99 Å². The van der Waals surface area contributed by atoms with E-state index in [1.807, 2.05) is 0 Å². The van der Waals surface area contributed by atoms with Gasteiger partial charge in [-0.3, -0.25) is 30.0 Å². The fraction of sp³-hybridized carbons (Fsp3) is 0.742. The number of nitrogens with zero attached hydrogens (tertiary/aromatic N) is 1. The van der Waals surface area contributed by atoms with Crippen LogP contribution in [-0.4, -0.2) is 101 Å². The smallest absolute Gasteiger partial charge is 0.414 e. The minimum absolute atomic E-state index is 0.0568. The molecule has 0 aliphatic rings. The molecule has 280 valence electrons. The van der Waals surface area contributed by atoms with Gasteiger partial charge in [0, 0.05) is 6.54 Å². The van der Waals surface area contributed by atoms with Gasteiger partial charge in [0.25, 0.3) is 0 Å². The number of aliphatic carboxylic acids is 1. The van der Waals surface area contributed by atoms with E-state index in [1.165, 1.54) is 0 Å². The second kappa shape index (κ2) is 18.8. The van der Waals surface area contributed by atoms with E-state index in [4.69, 9.17) is 18.9 Å². The summed E-state index contributed by atoms with van der Waals surface area (Å²) in [6, 6.07) is -2.87. The molecule has 0 fully saturated rings. The number of carbonyl (C=O) groups excluding carboxylic acids is 6. The molecule has 0 aliphatic heterocycles. The van der Waals surface area contributed by atoms with Crippen molar-refractivity contribution in [2.45, 2.75) is 137 Å². The number of carboxylic acid groups (broad SMARTS) is 1. The molecule has 18 heteroatoms. The van der Waals surface area contributed by atoms with Crippen molar-refractivity contribution in [3.63, 3.8) is 0 Å². The molecule has 5 amide bonds. The molecule has 0 heterocycles. The Labute approximate surface area is 287 Å². The second-order valence-electron chi connectivity index (χ2n) is 14.8. The molecule has 0 spiro atoms. The Kier molecular flexibility index (Phi) is 17.0. The average molecular weight is 703 g/mol. The Morgan fingerprint density at radius 1 is 0.633 bits per heavy atom. The third-order valence-electron chi connectivity index (χ3n) is 5.01. The van der Waals surface area contributed by atoms with E-state index in [-0.39, 0.29) is 25.3 Å². The van der Waals surface area contributed by atoms with Crippen LogP contribution in [0.2, 0.25) is 0 Å². The summed E-state index contributed by atoms with van der Waals surface area (Å²) in [7, 11) is 0. The van der Waals surface area contributed by atoms with E-state index < -0.39 is 89.5 Å². The molecule has 0 aromatic heterocycles. The number of amides is 5. The van der Waals surface area contributed by atoms with E-state index in [9.17, 15) is 38.7 Å². The predicted molar refractivity (Wildman–Crippen MR) is 176 cm³/mol. The first-order chi connectivity index (χ1) is 22.0. The maximum atomic E-state index is 13.1. The second-order valence-corrected chi connectivity index (χ2v) is 14.8. The Balaban J connectivity index is 5.68. The molecule has 0 aromatic rings. The molecule has 0 saturated carbocycles. The van der Waals surface area contributed by atoms with E-state index in [0.717, 1.165) is 0 Å². The number of ether oxygens (including phenoxy) is 4. The van der Waals surface area contributed by atoms with E-state index in [2.05, 4.69) is 31.6 Å². The zero-order chi connectivity index (χ0) is 38.4. The van der Waals surface area contributed by atoms with Crippen LogP contribution >= 0.6 is 0 Å². The molecule has 0 saturated heterocycles. The number of hydrogen-bond acceptors (Lipinski definition) is 12. The lowest BCUT2D eigenvalue weighted by Gasteiger charge is -2.23. The summed E-state index contributed by atoms with van der Waals surface area (Å²) in [5, 5.41) is 21.0. The van der Waals surface area contributed by atoms with Gasteiger partial charge in [-0.15, -0.1) is 0 Å². The fourth-order valence-corrected chi connectivity index (χ4v) is 3.40. The van der Waals surface area contributed by atoms with Crippen LogP contribution in [0.1, 0.15) is 102 Å². The Hall–Kier alpha value is -4.64. The number of hydrogen-bond donors (Lipinski definition) is 6. The largest absolute Gasteiger partial charge is 0.480 e. The molecule has 2 atom stereocenters. The molecule has 0 aliphatic carbocycles. The summed E-state index contributed by atoms with van der Waals surface area (Å²) in [6.07, 6.45) is -3.33. The van der Waals surface area contributed by atoms with Crippen molar-refractivity contribution >= 4 is 48.0 Å². The minimum atomic E-state index is -1.62. The summed E-state index contributed by atoms with van der Waals surface area (Å²) in [4.78, 5) is 90.5. The number of carboxylic acids is 1. The highest BCUT2D eigenvalue weighted by molar-refractivity contribution is 6.01. The normalized spacial score (nSPS) is 13.0. The highest BCUT2D eigenvalue weighted by Gasteiger charge is 2.28. The fourth-order valence-electron chi connectivity index (χ4n) is 3.40. The highest BCUT2D eigenvalue weighted by Crippen LogP contribution is 2.11. The van der Waals surface area contributed by atoms with Gasteiger partial charge in [-0.2, -0.15) is 0 Å². The van der Waals surface area contributed by atoms with Crippen molar-refractivity contribution in [1.29, 1.82) is 0 Å². The molecular formula is C31H54N6O12. The molecule has 6 N–H and O–H groups in total. The van der Waals surface area contributed by atoms with E-state index in [1.54, 1.807) is 83.1 Å². The monoisotopic (exact) mass is 702 g/mol. The van der Waals surface area contributed by atoms with Gasteiger partial charge < -0.3 is 40.0 Å². The first-order valence-corrected chi connectivity index (χ1v) is 15.6. The van der Waals surface area contributed by atoms with Crippen molar-refractivity contribution in [3.8, 4) is 0 Å². The number of alkyl carbamates (subject to hydrolysis) is 3. The summed E-state index contributed by atoms with van der Waals surface area (Å²) >= 11 is 0. The Morgan fingerprint density at radius 2 is 1.08 bits per heavy atom. The summed E-state index contributed by atoms with van der Waals surface area (Å²) in [6.45, 7) is 18.8. The molecule has 1 unspecified atom stereocenters. The number of rotatable bonds is 12.